The third-order valence-electron chi connectivity index (χ3n) is 5.15. The SMILES string of the molecule is COc1cc(/C=C2/NC(=O)N(Cc3ccccc3F)C2=O)ccc1OCc1ccc(Cl)cc1Cl. The Balaban J connectivity index is 1.50. The molecular formula is C25H19Cl2FN2O4. The van der Waals surface area contributed by atoms with Crippen LogP contribution in [0.5, 0.6) is 11.5 Å². The lowest BCUT2D eigenvalue weighted by Crippen LogP contribution is -2.30. The third-order valence-corrected chi connectivity index (χ3v) is 5.73. The van der Waals surface area contributed by atoms with Crippen molar-refractivity contribution in [3.63, 3.8) is 0 Å². The summed E-state index contributed by atoms with van der Waals surface area (Å²) in [4.78, 5) is 26.0. The van der Waals surface area contributed by atoms with Gasteiger partial charge in [0.15, 0.2) is 11.5 Å². The van der Waals surface area contributed by atoms with Crippen LogP contribution in [0, 0.1) is 5.82 Å². The van der Waals surface area contributed by atoms with Crippen molar-refractivity contribution < 1.29 is 23.5 Å². The summed E-state index contributed by atoms with van der Waals surface area (Å²) in [5.74, 6) is -0.135. The van der Waals surface area contributed by atoms with E-state index >= 15 is 0 Å². The molecule has 1 aliphatic heterocycles. The van der Waals surface area contributed by atoms with Gasteiger partial charge < -0.3 is 14.8 Å². The fraction of sp³-hybridized carbons (Fsp3) is 0.120. The van der Waals surface area contributed by atoms with E-state index in [4.69, 9.17) is 32.7 Å². The van der Waals surface area contributed by atoms with Gasteiger partial charge in [0.1, 0.15) is 18.1 Å². The summed E-state index contributed by atoms with van der Waals surface area (Å²) in [6.07, 6.45) is 1.52. The van der Waals surface area contributed by atoms with E-state index in [2.05, 4.69) is 5.32 Å². The zero-order valence-corrected chi connectivity index (χ0v) is 19.5. The quantitative estimate of drug-likeness (QED) is 0.328. The molecule has 1 saturated heterocycles. The predicted octanol–water partition coefficient (Wildman–Crippen LogP) is 5.81. The van der Waals surface area contributed by atoms with Gasteiger partial charge in [-0.1, -0.05) is 53.5 Å². The van der Waals surface area contributed by atoms with Crippen LogP contribution in [-0.4, -0.2) is 23.9 Å². The standard InChI is InChI=1S/C25H19Cl2FN2O4/c1-33-23-11-15(6-9-22(23)34-14-17-7-8-18(26)12-19(17)27)10-21-24(31)30(25(32)29-21)13-16-4-2-3-5-20(16)28/h2-12H,13-14H2,1H3,(H,29,32)/b21-10+. The zero-order valence-electron chi connectivity index (χ0n) is 18.0. The van der Waals surface area contributed by atoms with Crippen molar-refractivity contribution >= 4 is 41.2 Å². The van der Waals surface area contributed by atoms with E-state index < -0.39 is 17.8 Å². The fourth-order valence-corrected chi connectivity index (χ4v) is 3.83. The number of benzene rings is 3. The van der Waals surface area contributed by atoms with E-state index in [9.17, 15) is 14.0 Å². The highest BCUT2D eigenvalue weighted by atomic mass is 35.5. The third kappa shape index (κ3) is 5.16. The Labute approximate surface area is 205 Å². The number of urea groups is 1. The number of hydrogen-bond donors (Lipinski definition) is 1. The van der Waals surface area contributed by atoms with Gasteiger partial charge in [0.05, 0.1) is 13.7 Å². The average molecular weight is 501 g/mol. The van der Waals surface area contributed by atoms with Crippen molar-refractivity contribution in [1.29, 1.82) is 0 Å². The molecule has 1 N–H and O–H groups in total. The largest absolute Gasteiger partial charge is 0.493 e. The molecule has 6 nitrogen and oxygen atoms in total. The monoisotopic (exact) mass is 500 g/mol. The number of carbonyl (C=O) groups is 2. The lowest BCUT2D eigenvalue weighted by atomic mass is 10.1. The van der Waals surface area contributed by atoms with Crippen molar-refractivity contribution in [2.75, 3.05) is 7.11 Å². The number of amides is 3. The molecule has 0 aromatic heterocycles. The number of carbonyl (C=O) groups excluding carboxylic acids is 2. The predicted molar refractivity (Wildman–Crippen MR) is 127 cm³/mol. The van der Waals surface area contributed by atoms with E-state index in [0.717, 1.165) is 10.5 Å². The number of halogens is 3. The van der Waals surface area contributed by atoms with Crippen LogP contribution in [-0.2, 0) is 17.9 Å². The van der Waals surface area contributed by atoms with Gasteiger partial charge in [-0.25, -0.2) is 9.18 Å². The molecule has 0 radical (unpaired) electrons. The first-order valence-electron chi connectivity index (χ1n) is 10.2. The number of methoxy groups -OCH3 is 1. The summed E-state index contributed by atoms with van der Waals surface area (Å²) >= 11 is 12.1. The Morgan fingerprint density at radius 3 is 2.53 bits per heavy atom. The Kier molecular flexibility index (Phi) is 7.05. The van der Waals surface area contributed by atoms with Gasteiger partial charge in [-0.15, -0.1) is 0 Å². The van der Waals surface area contributed by atoms with Gasteiger partial charge in [0.2, 0.25) is 0 Å². The average Bonchev–Trinajstić information content (AvgIpc) is 3.07. The maximum atomic E-state index is 14.0. The molecule has 1 heterocycles. The number of hydrogen-bond acceptors (Lipinski definition) is 4. The second-order valence-corrected chi connectivity index (χ2v) is 8.25. The molecule has 1 aliphatic rings. The number of rotatable bonds is 7. The molecule has 0 bridgehead atoms. The maximum Gasteiger partial charge on any atom is 0.329 e. The van der Waals surface area contributed by atoms with Crippen LogP contribution in [0.15, 0.2) is 66.4 Å². The molecule has 0 spiro atoms. The van der Waals surface area contributed by atoms with E-state index in [-0.39, 0.29) is 24.4 Å². The molecule has 0 aliphatic carbocycles. The molecule has 1 fully saturated rings. The van der Waals surface area contributed by atoms with Gasteiger partial charge in [0.25, 0.3) is 5.91 Å². The van der Waals surface area contributed by atoms with Crippen molar-refractivity contribution in [2.24, 2.45) is 0 Å². The Morgan fingerprint density at radius 2 is 1.79 bits per heavy atom. The maximum absolute atomic E-state index is 14.0. The minimum absolute atomic E-state index is 0.0741. The first-order chi connectivity index (χ1) is 16.4. The molecule has 34 heavy (non-hydrogen) atoms. The topological polar surface area (TPSA) is 67.9 Å². The van der Waals surface area contributed by atoms with E-state index in [0.29, 0.717) is 27.1 Å². The van der Waals surface area contributed by atoms with Crippen molar-refractivity contribution in [3.05, 3.63) is 98.9 Å². The second-order valence-electron chi connectivity index (χ2n) is 7.41. The molecule has 3 aromatic carbocycles. The minimum Gasteiger partial charge on any atom is -0.493 e. The smallest absolute Gasteiger partial charge is 0.329 e. The van der Waals surface area contributed by atoms with Crippen LogP contribution in [0.4, 0.5) is 9.18 Å². The van der Waals surface area contributed by atoms with Crippen molar-refractivity contribution in [3.8, 4) is 11.5 Å². The van der Waals surface area contributed by atoms with Gasteiger partial charge >= 0.3 is 6.03 Å². The first kappa shape index (κ1) is 23.6. The summed E-state index contributed by atoms with van der Waals surface area (Å²) in [5.41, 5.74) is 1.68. The van der Waals surface area contributed by atoms with Gasteiger partial charge in [-0.2, -0.15) is 0 Å². The van der Waals surface area contributed by atoms with E-state index in [1.165, 1.54) is 25.3 Å². The molecule has 0 unspecified atom stereocenters. The lowest BCUT2D eigenvalue weighted by Gasteiger charge is -2.13. The number of imide groups is 1. The summed E-state index contributed by atoms with van der Waals surface area (Å²) < 4.78 is 25.2. The second kappa shape index (κ2) is 10.2. The van der Waals surface area contributed by atoms with Gasteiger partial charge in [0, 0.05) is 21.2 Å². The highest BCUT2D eigenvalue weighted by molar-refractivity contribution is 6.35. The Morgan fingerprint density at radius 1 is 1.00 bits per heavy atom. The first-order valence-corrected chi connectivity index (χ1v) is 10.9. The molecule has 3 aromatic rings. The normalized spacial score (nSPS) is 14.5. The fourth-order valence-electron chi connectivity index (χ4n) is 3.37. The van der Waals surface area contributed by atoms with Crippen LogP contribution in [0.25, 0.3) is 6.08 Å². The van der Waals surface area contributed by atoms with Crippen molar-refractivity contribution in [2.45, 2.75) is 13.2 Å². The Hall–Kier alpha value is -3.55. The molecule has 9 heteroatoms. The summed E-state index contributed by atoms with van der Waals surface area (Å²) in [6.45, 7) is 0.0321. The van der Waals surface area contributed by atoms with Crippen LogP contribution in [0.3, 0.4) is 0 Å². The van der Waals surface area contributed by atoms with Crippen molar-refractivity contribution in [1.82, 2.24) is 10.2 Å². The van der Waals surface area contributed by atoms with Gasteiger partial charge in [-0.3, -0.25) is 9.69 Å². The highest BCUT2D eigenvalue weighted by Crippen LogP contribution is 2.31. The number of nitrogens with zero attached hydrogens (tertiary/aromatic N) is 1. The molecule has 0 saturated carbocycles. The van der Waals surface area contributed by atoms with Crippen LogP contribution in [0.2, 0.25) is 10.0 Å². The van der Waals surface area contributed by atoms with Crippen LogP contribution >= 0.6 is 23.2 Å². The van der Waals surface area contributed by atoms with E-state index in [1.807, 2.05) is 0 Å². The number of nitrogens with one attached hydrogen (secondary N) is 1. The highest BCUT2D eigenvalue weighted by Gasteiger charge is 2.34. The lowest BCUT2D eigenvalue weighted by molar-refractivity contribution is -0.123. The van der Waals surface area contributed by atoms with E-state index in [1.54, 1.807) is 48.5 Å². The van der Waals surface area contributed by atoms with Crippen LogP contribution < -0.4 is 14.8 Å². The molecule has 4 rings (SSSR count). The molecule has 3 amide bonds. The molecule has 174 valence electrons. The van der Waals surface area contributed by atoms with Crippen LogP contribution in [0.1, 0.15) is 16.7 Å². The summed E-state index contributed by atoms with van der Waals surface area (Å²) in [6, 6.07) is 15.6. The Bertz CT molecular complexity index is 1300. The minimum atomic E-state index is -0.619. The van der Waals surface area contributed by atoms with Gasteiger partial charge in [-0.05, 0) is 42.0 Å². The zero-order chi connectivity index (χ0) is 24.2. The summed E-state index contributed by atoms with van der Waals surface area (Å²) in [7, 11) is 1.49. The molecule has 0 atom stereocenters. The number of ether oxygens (including phenoxy) is 2. The molecular weight excluding hydrogens is 482 g/mol. The summed E-state index contributed by atoms with van der Waals surface area (Å²) in [5, 5.41) is 3.55.